The Labute approximate surface area is 106 Å². The second kappa shape index (κ2) is 6.82. The van der Waals surface area contributed by atoms with Crippen molar-refractivity contribution in [3.63, 3.8) is 0 Å². The van der Waals surface area contributed by atoms with Gasteiger partial charge in [-0.25, -0.2) is 0 Å². The van der Waals surface area contributed by atoms with Gasteiger partial charge in [-0.15, -0.1) is 11.8 Å². The van der Waals surface area contributed by atoms with E-state index in [0.717, 1.165) is 0 Å². The summed E-state index contributed by atoms with van der Waals surface area (Å²) in [6, 6.07) is 3.15. The summed E-state index contributed by atoms with van der Waals surface area (Å²) in [5.41, 5.74) is 0.374. The van der Waals surface area contributed by atoms with Crippen LogP contribution >= 0.6 is 11.6 Å². The summed E-state index contributed by atoms with van der Waals surface area (Å²) in [6.07, 6.45) is 1.29. The highest BCUT2D eigenvalue weighted by molar-refractivity contribution is 6.31. The fraction of sp³-hybridized carbons (Fsp3) is 0.308. The van der Waals surface area contributed by atoms with Crippen molar-refractivity contribution in [2.45, 2.75) is 13.3 Å². The molecule has 4 heteroatoms. The third-order valence-corrected chi connectivity index (χ3v) is 2.26. The van der Waals surface area contributed by atoms with Crippen molar-refractivity contribution in [1.82, 2.24) is 0 Å². The van der Waals surface area contributed by atoms with Crippen molar-refractivity contribution in [1.29, 1.82) is 0 Å². The largest absolute Gasteiger partial charge is 0.493 e. The standard InChI is InChI=1S/C13H13ClO3/c1-3-4-5-6-17-13-10(9-15)7-11(14)8-12(13)16-2/h7-9H,5-6H2,1-2H3. The predicted molar refractivity (Wildman–Crippen MR) is 67.0 cm³/mol. The Morgan fingerprint density at radius 3 is 2.82 bits per heavy atom. The molecule has 0 aromatic heterocycles. The van der Waals surface area contributed by atoms with Gasteiger partial charge >= 0.3 is 0 Å². The topological polar surface area (TPSA) is 35.5 Å². The van der Waals surface area contributed by atoms with Crippen LogP contribution in [-0.2, 0) is 0 Å². The lowest BCUT2D eigenvalue weighted by Crippen LogP contribution is -2.01. The van der Waals surface area contributed by atoms with Crippen LogP contribution in [0.1, 0.15) is 23.7 Å². The molecule has 0 heterocycles. The van der Waals surface area contributed by atoms with Gasteiger partial charge in [0.25, 0.3) is 0 Å². The molecule has 0 unspecified atom stereocenters. The molecular weight excluding hydrogens is 240 g/mol. The average Bonchev–Trinajstić information content (AvgIpc) is 2.35. The molecule has 17 heavy (non-hydrogen) atoms. The molecule has 0 bridgehead atoms. The molecule has 0 saturated carbocycles. The van der Waals surface area contributed by atoms with E-state index in [9.17, 15) is 4.79 Å². The molecule has 1 aromatic carbocycles. The van der Waals surface area contributed by atoms with Gasteiger partial charge in [0.1, 0.15) is 0 Å². The lowest BCUT2D eigenvalue weighted by atomic mass is 10.2. The van der Waals surface area contributed by atoms with Gasteiger partial charge in [0.2, 0.25) is 0 Å². The van der Waals surface area contributed by atoms with Crippen LogP contribution in [0, 0.1) is 11.8 Å². The highest BCUT2D eigenvalue weighted by atomic mass is 35.5. The molecular formula is C13H13ClO3. The molecule has 1 rings (SSSR count). The molecule has 0 N–H and O–H groups in total. The van der Waals surface area contributed by atoms with E-state index in [0.29, 0.717) is 41.4 Å². The van der Waals surface area contributed by atoms with Crippen LogP contribution in [0.4, 0.5) is 0 Å². The Balaban J connectivity index is 2.93. The number of carbonyl (C=O) groups excluding carboxylic acids is 1. The summed E-state index contributed by atoms with van der Waals surface area (Å²) < 4.78 is 10.6. The first-order chi connectivity index (χ1) is 8.22. The molecule has 0 fully saturated rings. The van der Waals surface area contributed by atoms with Gasteiger partial charge in [-0.1, -0.05) is 11.6 Å². The maximum Gasteiger partial charge on any atom is 0.171 e. The maximum absolute atomic E-state index is 10.9. The minimum absolute atomic E-state index is 0.374. The summed E-state index contributed by atoms with van der Waals surface area (Å²) in [5.74, 6) is 6.50. The average molecular weight is 253 g/mol. The normalized spacial score (nSPS) is 9.12. The second-order valence-electron chi connectivity index (χ2n) is 3.17. The van der Waals surface area contributed by atoms with Crippen LogP contribution in [-0.4, -0.2) is 20.0 Å². The maximum atomic E-state index is 10.9. The molecule has 0 atom stereocenters. The van der Waals surface area contributed by atoms with E-state index in [2.05, 4.69) is 11.8 Å². The van der Waals surface area contributed by atoms with Crippen LogP contribution in [0.3, 0.4) is 0 Å². The van der Waals surface area contributed by atoms with Crippen molar-refractivity contribution in [3.8, 4) is 23.3 Å². The van der Waals surface area contributed by atoms with E-state index in [1.807, 2.05) is 0 Å². The first-order valence-corrected chi connectivity index (χ1v) is 5.45. The summed E-state index contributed by atoms with van der Waals surface area (Å²) in [7, 11) is 1.50. The number of hydrogen-bond acceptors (Lipinski definition) is 3. The van der Waals surface area contributed by atoms with Crippen molar-refractivity contribution in [3.05, 3.63) is 22.7 Å². The number of ether oxygens (including phenoxy) is 2. The lowest BCUT2D eigenvalue weighted by Gasteiger charge is -2.12. The summed E-state index contributed by atoms with van der Waals surface area (Å²) in [5, 5.41) is 0.435. The van der Waals surface area contributed by atoms with Crippen molar-refractivity contribution in [2.24, 2.45) is 0 Å². The van der Waals surface area contributed by atoms with Gasteiger partial charge < -0.3 is 9.47 Å². The molecule has 0 aliphatic carbocycles. The third kappa shape index (κ3) is 3.69. The van der Waals surface area contributed by atoms with Crippen LogP contribution in [0.5, 0.6) is 11.5 Å². The summed E-state index contributed by atoms with van der Waals surface area (Å²) >= 11 is 5.85. The van der Waals surface area contributed by atoms with E-state index >= 15 is 0 Å². The summed E-state index contributed by atoms with van der Waals surface area (Å²) in [4.78, 5) is 10.9. The van der Waals surface area contributed by atoms with E-state index in [4.69, 9.17) is 21.1 Å². The summed E-state index contributed by atoms with van der Waals surface area (Å²) in [6.45, 7) is 2.17. The van der Waals surface area contributed by atoms with Gasteiger partial charge in [0.05, 0.1) is 19.3 Å². The van der Waals surface area contributed by atoms with Gasteiger partial charge in [-0.05, 0) is 13.0 Å². The third-order valence-electron chi connectivity index (χ3n) is 2.05. The Kier molecular flexibility index (Phi) is 5.38. The molecule has 1 aromatic rings. The Morgan fingerprint density at radius 2 is 2.24 bits per heavy atom. The van der Waals surface area contributed by atoms with Gasteiger partial charge in [0.15, 0.2) is 17.8 Å². The van der Waals surface area contributed by atoms with E-state index in [1.165, 1.54) is 13.2 Å². The molecule has 0 saturated heterocycles. The monoisotopic (exact) mass is 252 g/mol. The highest BCUT2D eigenvalue weighted by Gasteiger charge is 2.12. The van der Waals surface area contributed by atoms with E-state index in [-0.39, 0.29) is 0 Å². The predicted octanol–water partition coefficient (Wildman–Crippen LogP) is 2.95. The number of aldehydes is 1. The number of rotatable bonds is 5. The fourth-order valence-electron chi connectivity index (χ4n) is 1.31. The molecule has 90 valence electrons. The van der Waals surface area contributed by atoms with E-state index < -0.39 is 0 Å². The Morgan fingerprint density at radius 1 is 1.47 bits per heavy atom. The van der Waals surface area contributed by atoms with Crippen molar-refractivity contribution in [2.75, 3.05) is 13.7 Å². The van der Waals surface area contributed by atoms with Gasteiger partial charge in [-0.3, -0.25) is 4.79 Å². The van der Waals surface area contributed by atoms with Crippen LogP contribution < -0.4 is 9.47 Å². The molecule has 0 spiro atoms. The zero-order chi connectivity index (χ0) is 12.7. The first kappa shape index (κ1) is 13.4. The van der Waals surface area contributed by atoms with Gasteiger partial charge in [0, 0.05) is 17.5 Å². The molecule has 0 aliphatic heterocycles. The van der Waals surface area contributed by atoms with Crippen molar-refractivity contribution < 1.29 is 14.3 Å². The fourth-order valence-corrected chi connectivity index (χ4v) is 1.53. The van der Waals surface area contributed by atoms with Crippen molar-refractivity contribution >= 4 is 17.9 Å². The first-order valence-electron chi connectivity index (χ1n) is 5.08. The number of benzene rings is 1. The van der Waals surface area contributed by atoms with Gasteiger partial charge in [-0.2, -0.15) is 0 Å². The molecule has 3 nitrogen and oxygen atoms in total. The van der Waals surface area contributed by atoms with E-state index in [1.54, 1.807) is 13.0 Å². The van der Waals surface area contributed by atoms with Crippen LogP contribution in [0.2, 0.25) is 5.02 Å². The minimum atomic E-state index is 0.374. The second-order valence-corrected chi connectivity index (χ2v) is 3.61. The molecule has 0 radical (unpaired) electrons. The molecule has 0 aliphatic rings. The zero-order valence-corrected chi connectivity index (χ0v) is 10.5. The molecule has 0 amide bonds. The number of halogens is 1. The minimum Gasteiger partial charge on any atom is -0.493 e. The zero-order valence-electron chi connectivity index (χ0n) is 9.75. The Bertz CT molecular complexity index is 458. The number of methoxy groups -OCH3 is 1. The highest BCUT2D eigenvalue weighted by Crippen LogP contribution is 2.33. The quantitative estimate of drug-likeness (QED) is 0.459. The lowest BCUT2D eigenvalue weighted by molar-refractivity contribution is 0.111. The number of hydrogen-bond donors (Lipinski definition) is 0. The SMILES string of the molecule is CC#CCCOc1c(C=O)cc(Cl)cc1OC. The Hall–Kier alpha value is -1.66. The number of carbonyl (C=O) groups is 1. The van der Waals surface area contributed by atoms with Crippen LogP contribution in [0.15, 0.2) is 12.1 Å². The van der Waals surface area contributed by atoms with Crippen LogP contribution in [0.25, 0.3) is 0 Å². The smallest absolute Gasteiger partial charge is 0.171 e.